The molecule has 2 aromatic rings. The van der Waals surface area contributed by atoms with Gasteiger partial charge in [0.1, 0.15) is 0 Å². The third-order valence-electron chi connectivity index (χ3n) is 3.09. The molecule has 0 saturated carbocycles. The van der Waals surface area contributed by atoms with Crippen molar-refractivity contribution in [2.45, 2.75) is 25.9 Å². The van der Waals surface area contributed by atoms with Gasteiger partial charge in [-0.05, 0) is 56.9 Å². The van der Waals surface area contributed by atoms with Crippen LogP contribution in [0.4, 0.5) is 0 Å². The summed E-state index contributed by atoms with van der Waals surface area (Å²) in [4.78, 5) is 5.02. The topological polar surface area (TPSA) is 15.3 Å². The van der Waals surface area contributed by atoms with Crippen LogP contribution in [-0.4, -0.2) is 31.6 Å². The fourth-order valence-electron chi connectivity index (χ4n) is 1.87. The molecule has 19 heavy (non-hydrogen) atoms. The predicted molar refractivity (Wildman–Crippen MR) is 87.1 cm³/mol. The van der Waals surface area contributed by atoms with Crippen LogP contribution in [0.2, 0.25) is 0 Å². The first kappa shape index (κ1) is 14.7. The minimum absolute atomic E-state index is 0.565. The Balaban J connectivity index is 1.80. The van der Waals surface area contributed by atoms with E-state index in [1.807, 2.05) is 11.3 Å². The normalized spacial score (nSPS) is 13.1. The van der Waals surface area contributed by atoms with Crippen LogP contribution in [0.1, 0.15) is 18.2 Å². The smallest absolute Gasteiger partial charge is 0.0351 e. The Morgan fingerprint density at radius 1 is 1.32 bits per heavy atom. The molecule has 0 radical (unpaired) electrons. The maximum atomic E-state index is 3.60. The number of nitrogens with zero attached hydrogens (tertiary/aromatic N) is 1. The predicted octanol–water partition coefficient (Wildman–Crippen LogP) is 3.91. The Bertz CT molecular complexity index is 474. The van der Waals surface area contributed by atoms with Crippen molar-refractivity contribution in [3.63, 3.8) is 0 Å². The molecule has 0 fully saturated rings. The lowest BCUT2D eigenvalue weighted by atomic mass is 10.2. The van der Waals surface area contributed by atoms with E-state index >= 15 is 0 Å². The standard InChI is InChI=1S/C15H22N2S2/c1-12(6-7-17(2)3)16-10-14-9-13(11-19-14)15-5-4-8-18-15/h4-5,8-9,11-12,16H,6-7,10H2,1-3H3. The van der Waals surface area contributed by atoms with Gasteiger partial charge in [0.05, 0.1) is 0 Å². The monoisotopic (exact) mass is 294 g/mol. The summed E-state index contributed by atoms with van der Waals surface area (Å²) in [6.07, 6.45) is 1.19. The zero-order valence-corrected chi connectivity index (χ0v) is 13.5. The molecule has 0 bridgehead atoms. The average Bonchev–Trinajstić information content (AvgIpc) is 3.03. The van der Waals surface area contributed by atoms with Crippen LogP contribution in [0.15, 0.2) is 29.0 Å². The van der Waals surface area contributed by atoms with Crippen molar-refractivity contribution in [1.82, 2.24) is 10.2 Å². The maximum absolute atomic E-state index is 3.60. The highest BCUT2D eigenvalue weighted by molar-refractivity contribution is 7.14. The summed E-state index contributed by atoms with van der Waals surface area (Å²) in [7, 11) is 4.25. The highest BCUT2D eigenvalue weighted by Gasteiger charge is 2.06. The molecule has 0 saturated heterocycles. The molecule has 1 atom stereocenters. The van der Waals surface area contributed by atoms with Crippen LogP contribution in [0.3, 0.4) is 0 Å². The summed E-state index contributed by atoms with van der Waals surface area (Å²) in [5, 5.41) is 7.99. The second-order valence-corrected chi connectivity index (χ2v) is 7.10. The fourth-order valence-corrected chi connectivity index (χ4v) is 3.50. The van der Waals surface area contributed by atoms with E-state index in [4.69, 9.17) is 0 Å². The number of thiophene rings is 2. The van der Waals surface area contributed by atoms with Gasteiger partial charge in [-0.2, -0.15) is 0 Å². The van der Waals surface area contributed by atoms with Gasteiger partial charge in [0, 0.05) is 27.9 Å². The maximum Gasteiger partial charge on any atom is 0.0351 e. The van der Waals surface area contributed by atoms with Crippen LogP contribution in [0.25, 0.3) is 10.4 Å². The van der Waals surface area contributed by atoms with Gasteiger partial charge in [-0.3, -0.25) is 0 Å². The third-order valence-corrected chi connectivity index (χ3v) is 4.95. The molecule has 4 heteroatoms. The molecule has 0 aliphatic heterocycles. The van der Waals surface area contributed by atoms with E-state index in [9.17, 15) is 0 Å². The Morgan fingerprint density at radius 3 is 2.84 bits per heavy atom. The Labute approximate surface area is 124 Å². The largest absolute Gasteiger partial charge is 0.309 e. The lowest BCUT2D eigenvalue weighted by molar-refractivity contribution is 0.366. The Hall–Kier alpha value is -0.680. The van der Waals surface area contributed by atoms with Crippen molar-refractivity contribution < 1.29 is 0 Å². The first-order valence-corrected chi connectivity index (χ1v) is 8.40. The van der Waals surface area contributed by atoms with E-state index in [0.29, 0.717) is 6.04 Å². The summed E-state index contributed by atoms with van der Waals surface area (Å²) < 4.78 is 0. The summed E-state index contributed by atoms with van der Waals surface area (Å²) >= 11 is 3.65. The molecule has 0 amide bonds. The summed E-state index contributed by atoms with van der Waals surface area (Å²) in [6, 6.07) is 7.17. The van der Waals surface area contributed by atoms with E-state index in [-0.39, 0.29) is 0 Å². The third kappa shape index (κ3) is 4.73. The molecule has 2 nitrogen and oxygen atoms in total. The highest BCUT2D eigenvalue weighted by Crippen LogP contribution is 2.29. The molecule has 0 spiro atoms. The van der Waals surface area contributed by atoms with Crippen molar-refractivity contribution >= 4 is 22.7 Å². The van der Waals surface area contributed by atoms with Gasteiger partial charge < -0.3 is 10.2 Å². The van der Waals surface area contributed by atoms with Crippen LogP contribution < -0.4 is 5.32 Å². The van der Waals surface area contributed by atoms with Crippen LogP contribution in [0, 0.1) is 0 Å². The number of nitrogens with one attached hydrogen (secondary N) is 1. The number of hydrogen-bond donors (Lipinski definition) is 1. The molecule has 2 heterocycles. The molecule has 0 aromatic carbocycles. The molecule has 0 aliphatic rings. The zero-order valence-electron chi connectivity index (χ0n) is 11.8. The molecular weight excluding hydrogens is 272 g/mol. The van der Waals surface area contributed by atoms with Crippen molar-refractivity contribution in [2.75, 3.05) is 20.6 Å². The summed E-state index contributed by atoms with van der Waals surface area (Å²) in [5.74, 6) is 0. The minimum atomic E-state index is 0.565. The lowest BCUT2D eigenvalue weighted by Crippen LogP contribution is -2.29. The SMILES string of the molecule is CC(CCN(C)C)NCc1cc(-c2cccs2)cs1. The molecule has 0 aliphatic carbocycles. The van der Waals surface area contributed by atoms with Gasteiger partial charge in [0.2, 0.25) is 0 Å². The second kappa shape index (κ2) is 7.20. The first-order chi connectivity index (χ1) is 9.15. The van der Waals surface area contributed by atoms with E-state index in [2.05, 4.69) is 60.2 Å². The summed E-state index contributed by atoms with van der Waals surface area (Å²) in [5.41, 5.74) is 1.36. The molecule has 104 valence electrons. The lowest BCUT2D eigenvalue weighted by Gasteiger charge is -2.16. The van der Waals surface area contributed by atoms with E-state index in [1.54, 1.807) is 11.3 Å². The van der Waals surface area contributed by atoms with Gasteiger partial charge >= 0.3 is 0 Å². The van der Waals surface area contributed by atoms with Gasteiger partial charge in [-0.15, -0.1) is 22.7 Å². The van der Waals surface area contributed by atoms with Gasteiger partial charge in [0.25, 0.3) is 0 Å². The van der Waals surface area contributed by atoms with Gasteiger partial charge in [-0.25, -0.2) is 0 Å². The van der Waals surface area contributed by atoms with Crippen LogP contribution >= 0.6 is 22.7 Å². The molecule has 2 rings (SSSR count). The van der Waals surface area contributed by atoms with Crippen LogP contribution in [-0.2, 0) is 6.54 Å². The zero-order chi connectivity index (χ0) is 13.7. The van der Waals surface area contributed by atoms with Crippen LogP contribution in [0.5, 0.6) is 0 Å². The van der Waals surface area contributed by atoms with E-state index in [1.165, 1.54) is 21.7 Å². The molecular formula is C15H22N2S2. The summed E-state index contributed by atoms with van der Waals surface area (Å²) in [6.45, 7) is 4.38. The minimum Gasteiger partial charge on any atom is -0.309 e. The number of hydrogen-bond acceptors (Lipinski definition) is 4. The second-order valence-electron chi connectivity index (χ2n) is 5.15. The van der Waals surface area contributed by atoms with Crippen molar-refractivity contribution in [2.24, 2.45) is 0 Å². The van der Waals surface area contributed by atoms with Crippen molar-refractivity contribution in [3.05, 3.63) is 33.8 Å². The van der Waals surface area contributed by atoms with E-state index < -0.39 is 0 Å². The number of rotatable bonds is 7. The molecule has 1 N–H and O–H groups in total. The molecule has 2 aromatic heterocycles. The molecule has 1 unspecified atom stereocenters. The van der Waals surface area contributed by atoms with Gasteiger partial charge in [0.15, 0.2) is 0 Å². The van der Waals surface area contributed by atoms with Crippen molar-refractivity contribution in [1.29, 1.82) is 0 Å². The highest BCUT2D eigenvalue weighted by atomic mass is 32.1. The Morgan fingerprint density at radius 2 is 2.16 bits per heavy atom. The fraction of sp³-hybridized carbons (Fsp3) is 0.467. The van der Waals surface area contributed by atoms with E-state index in [0.717, 1.165) is 13.1 Å². The Kier molecular flexibility index (Phi) is 5.58. The van der Waals surface area contributed by atoms with Gasteiger partial charge in [-0.1, -0.05) is 6.07 Å². The average molecular weight is 294 g/mol. The van der Waals surface area contributed by atoms with Crippen molar-refractivity contribution in [3.8, 4) is 10.4 Å². The quantitative estimate of drug-likeness (QED) is 0.833. The first-order valence-electron chi connectivity index (χ1n) is 6.64.